The molecule has 1 aromatic rings. The van der Waals surface area contributed by atoms with E-state index in [0.29, 0.717) is 22.9 Å². The molecule has 0 aliphatic rings. The molecule has 0 aliphatic carbocycles. The monoisotopic (exact) mass is 244 g/mol. The van der Waals surface area contributed by atoms with Crippen molar-refractivity contribution in [3.05, 3.63) is 22.2 Å². The number of hydrogen-bond acceptors (Lipinski definition) is 3. The van der Waals surface area contributed by atoms with Crippen LogP contribution in [0.25, 0.3) is 0 Å². The zero-order chi connectivity index (χ0) is 12.3. The van der Waals surface area contributed by atoms with Crippen molar-refractivity contribution in [1.29, 1.82) is 0 Å². The van der Waals surface area contributed by atoms with Crippen molar-refractivity contribution in [2.45, 2.75) is 26.4 Å². The van der Waals surface area contributed by atoms with E-state index in [2.05, 4.69) is 0 Å². The predicted molar refractivity (Wildman–Crippen MR) is 64.7 cm³/mol. The van der Waals surface area contributed by atoms with Crippen LogP contribution in [0, 0.1) is 6.92 Å². The lowest BCUT2D eigenvalue weighted by Gasteiger charge is -2.17. The summed E-state index contributed by atoms with van der Waals surface area (Å²) in [5.74, 6) is 1.24. The average molecular weight is 245 g/mol. The summed E-state index contributed by atoms with van der Waals surface area (Å²) in [6, 6.07) is 1.72. The maximum atomic E-state index is 9.47. The maximum Gasteiger partial charge on any atom is 0.164 e. The minimum atomic E-state index is -0.448. The van der Waals surface area contributed by atoms with E-state index in [1.165, 1.54) is 0 Å². The molecule has 0 radical (unpaired) electrons. The van der Waals surface area contributed by atoms with E-state index in [0.717, 1.165) is 11.1 Å². The second-order valence-electron chi connectivity index (χ2n) is 3.75. The van der Waals surface area contributed by atoms with Gasteiger partial charge >= 0.3 is 0 Å². The Kier molecular flexibility index (Phi) is 4.44. The quantitative estimate of drug-likeness (QED) is 0.885. The summed E-state index contributed by atoms with van der Waals surface area (Å²) < 4.78 is 10.5. The maximum absolute atomic E-state index is 9.47. The normalized spacial score (nSPS) is 12.4. The smallest absolute Gasteiger partial charge is 0.164 e. The van der Waals surface area contributed by atoms with Gasteiger partial charge in [0, 0.05) is 23.1 Å². The van der Waals surface area contributed by atoms with Gasteiger partial charge in [-0.05, 0) is 19.4 Å². The largest absolute Gasteiger partial charge is 0.493 e. The van der Waals surface area contributed by atoms with Crippen molar-refractivity contribution in [1.82, 2.24) is 0 Å². The first kappa shape index (κ1) is 13.1. The molecule has 0 aromatic heterocycles. The van der Waals surface area contributed by atoms with Crippen LogP contribution in [0.1, 0.15) is 18.1 Å². The van der Waals surface area contributed by atoms with E-state index in [1.807, 2.05) is 6.92 Å². The van der Waals surface area contributed by atoms with Crippen LogP contribution >= 0.6 is 11.6 Å². The molecule has 16 heavy (non-hydrogen) atoms. The highest BCUT2D eigenvalue weighted by Crippen LogP contribution is 2.38. The van der Waals surface area contributed by atoms with Crippen molar-refractivity contribution < 1.29 is 14.6 Å². The second kappa shape index (κ2) is 5.41. The SMILES string of the molecule is COc1cc(Cl)c(C)c(CC(C)O)c1OC. The molecule has 0 aliphatic heterocycles. The third kappa shape index (κ3) is 2.60. The molecule has 0 bridgehead atoms. The zero-order valence-electron chi connectivity index (χ0n) is 10.0. The van der Waals surface area contributed by atoms with Gasteiger partial charge in [0.1, 0.15) is 0 Å². The van der Waals surface area contributed by atoms with Gasteiger partial charge in [-0.2, -0.15) is 0 Å². The Hall–Kier alpha value is -0.930. The molecule has 0 saturated carbocycles. The number of ether oxygens (including phenoxy) is 2. The van der Waals surface area contributed by atoms with E-state index in [4.69, 9.17) is 21.1 Å². The Morgan fingerprint density at radius 3 is 2.44 bits per heavy atom. The van der Waals surface area contributed by atoms with Crippen LogP contribution in [-0.2, 0) is 6.42 Å². The third-order valence-corrected chi connectivity index (χ3v) is 2.88. The summed E-state index contributed by atoms with van der Waals surface area (Å²) >= 11 is 6.09. The number of hydrogen-bond donors (Lipinski definition) is 1. The molecule has 1 atom stereocenters. The molecule has 1 unspecified atom stereocenters. The molecule has 0 amide bonds. The Morgan fingerprint density at radius 2 is 2.00 bits per heavy atom. The lowest BCUT2D eigenvalue weighted by atomic mass is 10.0. The van der Waals surface area contributed by atoms with Gasteiger partial charge in [0.25, 0.3) is 0 Å². The first-order valence-electron chi connectivity index (χ1n) is 5.09. The molecule has 3 nitrogen and oxygen atoms in total. The molecular formula is C12H17ClO3. The molecule has 4 heteroatoms. The number of benzene rings is 1. The molecule has 1 N–H and O–H groups in total. The fourth-order valence-corrected chi connectivity index (χ4v) is 1.88. The Morgan fingerprint density at radius 1 is 1.38 bits per heavy atom. The van der Waals surface area contributed by atoms with Crippen molar-refractivity contribution >= 4 is 11.6 Å². The number of halogens is 1. The highest BCUT2D eigenvalue weighted by molar-refractivity contribution is 6.31. The number of aliphatic hydroxyl groups is 1. The van der Waals surface area contributed by atoms with Crippen LogP contribution in [0.4, 0.5) is 0 Å². The highest BCUT2D eigenvalue weighted by atomic mass is 35.5. The van der Waals surface area contributed by atoms with Gasteiger partial charge in [-0.15, -0.1) is 0 Å². The van der Waals surface area contributed by atoms with Crippen molar-refractivity contribution in [3.63, 3.8) is 0 Å². The summed E-state index contributed by atoms with van der Waals surface area (Å²) in [4.78, 5) is 0. The van der Waals surface area contributed by atoms with E-state index in [1.54, 1.807) is 27.2 Å². The Balaban J connectivity index is 3.34. The Labute approximate surface area is 101 Å². The standard InChI is InChI=1S/C12H17ClO3/c1-7(14)5-9-8(2)10(13)6-11(15-3)12(9)16-4/h6-7,14H,5H2,1-4H3. The molecular weight excluding hydrogens is 228 g/mol. The molecule has 0 fully saturated rings. The topological polar surface area (TPSA) is 38.7 Å². The lowest BCUT2D eigenvalue weighted by molar-refractivity contribution is 0.193. The van der Waals surface area contributed by atoms with Crippen LogP contribution in [0.5, 0.6) is 11.5 Å². The zero-order valence-corrected chi connectivity index (χ0v) is 10.8. The minimum Gasteiger partial charge on any atom is -0.493 e. The molecule has 1 rings (SSSR count). The molecule has 0 saturated heterocycles. The molecule has 0 heterocycles. The van der Waals surface area contributed by atoms with Gasteiger partial charge in [-0.3, -0.25) is 0 Å². The fourth-order valence-electron chi connectivity index (χ4n) is 1.67. The molecule has 90 valence electrons. The fraction of sp³-hybridized carbons (Fsp3) is 0.500. The number of methoxy groups -OCH3 is 2. The van der Waals surface area contributed by atoms with Crippen LogP contribution in [0.15, 0.2) is 6.07 Å². The summed E-state index contributed by atoms with van der Waals surface area (Å²) in [5, 5.41) is 10.1. The second-order valence-corrected chi connectivity index (χ2v) is 4.16. The van der Waals surface area contributed by atoms with Crippen LogP contribution in [-0.4, -0.2) is 25.4 Å². The van der Waals surface area contributed by atoms with E-state index >= 15 is 0 Å². The van der Waals surface area contributed by atoms with Crippen LogP contribution in [0.3, 0.4) is 0 Å². The number of aliphatic hydroxyl groups excluding tert-OH is 1. The van der Waals surface area contributed by atoms with Crippen molar-refractivity contribution in [2.24, 2.45) is 0 Å². The average Bonchev–Trinajstić information content (AvgIpc) is 2.23. The first-order valence-corrected chi connectivity index (χ1v) is 5.47. The molecule has 0 spiro atoms. The van der Waals surface area contributed by atoms with E-state index in [-0.39, 0.29) is 0 Å². The minimum absolute atomic E-state index is 0.448. The predicted octanol–water partition coefficient (Wildman–Crippen LogP) is 2.59. The summed E-state index contributed by atoms with van der Waals surface area (Å²) in [6.07, 6.45) is 0.0436. The van der Waals surface area contributed by atoms with Crippen LogP contribution in [0.2, 0.25) is 5.02 Å². The summed E-state index contributed by atoms with van der Waals surface area (Å²) in [6.45, 7) is 3.63. The Bertz CT molecular complexity index is 375. The van der Waals surface area contributed by atoms with Gasteiger partial charge in [0.2, 0.25) is 0 Å². The van der Waals surface area contributed by atoms with E-state index in [9.17, 15) is 5.11 Å². The summed E-state index contributed by atoms with van der Waals surface area (Å²) in [7, 11) is 3.15. The van der Waals surface area contributed by atoms with Gasteiger partial charge in [-0.25, -0.2) is 0 Å². The van der Waals surface area contributed by atoms with Gasteiger partial charge in [-0.1, -0.05) is 11.6 Å². The first-order chi connectivity index (χ1) is 7.51. The van der Waals surface area contributed by atoms with Gasteiger partial charge in [0.15, 0.2) is 11.5 Å². The third-order valence-electron chi connectivity index (χ3n) is 2.49. The van der Waals surface area contributed by atoms with Crippen molar-refractivity contribution in [2.75, 3.05) is 14.2 Å². The lowest BCUT2D eigenvalue weighted by Crippen LogP contribution is -2.08. The summed E-state index contributed by atoms with van der Waals surface area (Å²) in [5.41, 5.74) is 1.81. The number of rotatable bonds is 4. The van der Waals surface area contributed by atoms with Crippen molar-refractivity contribution in [3.8, 4) is 11.5 Å². The van der Waals surface area contributed by atoms with Gasteiger partial charge in [0.05, 0.1) is 20.3 Å². The van der Waals surface area contributed by atoms with Crippen LogP contribution < -0.4 is 9.47 Å². The molecule has 1 aromatic carbocycles. The van der Waals surface area contributed by atoms with E-state index < -0.39 is 6.10 Å². The van der Waals surface area contributed by atoms with Gasteiger partial charge < -0.3 is 14.6 Å². The highest BCUT2D eigenvalue weighted by Gasteiger charge is 2.17.